The van der Waals surface area contributed by atoms with Crippen LogP contribution < -0.4 is 5.32 Å². The second-order valence-corrected chi connectivity index (χ2v) is 8.47. The fourth-order valence-electron chi connectivity index (χ4n) is 2.60. The zero-order valence-electron chi connectivity index (χ0n) is 16.7. The maximum absolute atomic E-state index is 12.6. The lowest BCUT2D eigenvalue weighted by Crippen LogP contribution is -2.30. The van der Waals surface area contributed by atoms with Crippen molar-refractivity contribution in [2.45, 2.75) is 18.7 Å². The van der Waals surface area contributed by atoms with Crippen LogP contribution in [-0.4, -0.2) is 44.3 Å². The molecule has 0 aliphatic heterocycles. The molecule has 2 aromatic rings. The summed E-state index contributed by atoms with van der Waals surface area (Å²) < 4.78 is 31.4. The zero-order valence-corrected chi connectivity index (χ0v) is 18.2. The van der Waals surface area contributed by atoms with E-state index in [1.54, 1.807) is 44.2 Å². The van der Waals surface area contributed by atoms with Crippen molar-refractivity contribution in [2.75, 3.05) is 25.0 Å². The second-order valence-electron chi connectivity index (χ2n) is 6.13. The highest BCUT2D eigenvalue weighted by Gasteiger charge is 2.21. The van der Waals surface area contributed by atoms with Gasteiger partial charge in [-0.3, -0.25) is 4.79 Å². The molecular formula is C21H23ClN2O5S. The van der Waals surface area contributed by atoms with Crippen LogP contribution >= 0.6 is 11.6 Å². The van der Waals surface area contributed by atoms with Gasteiger partial charge >= 0.3 is 5.97 Å². The molecule has 2 aromatic carbocycles. The number of halogens is 1. The van der Waals surface area contributed by atoms with E-state index in [2.05, 4.69) is 5.32 Å². The number of esters is 1. The first-order valence-corrected chi connectivity index (χ1v) is 11.1. The van der Waals surface area contributed by atoms with E-state index in [0.29, 0.717) is 23.7 Å². The maximum atomic E-state index is 12.6. The van der Waals surface area contributed by atoms with Gasteiger partial charge in [0.2, 0.25) is 10.0 Å². The average Bonchev–Trinajstić information content (AvgIpc) is 2.72. The fourth-order valence-corrected chi connectivity index (χ4v) is 4.30. The number of carbonyl (C=O) groups is 2. The van der Waals surface area contributed by atoms with Gasteiger partial charge in [0, 0.05) is 29.9 Å². The molecule has 0 unspecified atom stereocenters. The van der Waals surface area contributed by atoms with Crippen LogP contribution in [0, 0.1) is 0 Å². The molecule has 1 amide bonds. The number of rotatable bonds is 9. The van der Waals surface area contributed by atoms with Crippen LogP contribution in [0.15, 0.2) is 59.5 Å². The van der Waals surface area contributed by atoms with Gasteiger partial charge in [-0.25, -0.2) is 13.2 Å². The molecule has 0 fully saturated rings. The Morgan fingerprint density at radius 3 is 2.47 bits per heavy atom. The molecule has 0 radical (unpaired) electrons. The summed E-state index contributed by atoms with van der Waals surface area (Å²) in [6.07, 6.45) is 2.66. The smallest absolute Gasteiger partial charge is 0.331 e. The maximum Gasteiger partial charge on any atom is 0.331 e. The Balaban J connectivity index is 1.95. The molecule has 160 valence electrons. The van der Waals surface area contributed by atoms with Crippen molar-refractivity contribution in [2.24, 2.45) is 0 Å². The Morgan fingerprint density at radius 2 is 1.80 bits per heavy atom. The van der Waals surface area contributed by atoms with Crippen LogP contribution in [0.3, 0.4) is 0 Å². The minimum absolute atomic E-state index is 0.0728. The van der Waals surface area contributed by atoms with Crippen molar-refractivity contribution in [1.29, 1.82) is 0 Å². The number of nitrogens with one attached hydrogen (secondary N) is 1. The molecule has 0 saturated carbocycles. The first-order chi connectivity index (χ1) is 14.3. The Hall–Kier alpha value is -2.68. The van der Waals surface area contributed by atoms with Crippen LogP contribution in [0.25, 0.3) is 6.08 Å². The summed E-state index contributed by atoms with van der Waals surface area (Å²) >= 11 is 5.99. The molecule has 0 bridgehead atoms. The zero-order chi connectivity index (χ0) is 22.1. The van der Waals surface area contributed by atoms with Gasteiger partial charge in [0.15, 0.2) is 6.61 Å². The normalized spacial score (nSPS) is 11.6. The van der Waals surface area contributed by atoms with Gasteiger partial charge < -0.3 is 10.1 Å². The molecule has 30 heavy (non-hydrogen) atoms. The first kappa shape index (κ1) is 23.6. The summed E-state index contributed by atoms with van der Waals surface area (Å²) in [5, 5.41) is 3.01. The number of hydrogen-bond acceptors (Lipinski definition) is 5. The van der Waals surface area contributed by atoms with Crippen LogP contribution in [0.4, 0.5) is 5.69 Å². The number of hydrogen-bond donors (Lipinski definition) is 1. The van der Waals surface area contributed by atoms with Gasteiger partial charge in [-0.1, -0.05) is 49.7 Å². The first-order valence-electron chi connectivity index (χ1n) is 9.27. The Bertz CT molecular complexity index is 1030. The number of sulfonamides is 1. The van der Waals surface area contributed by atoms with Crippen LogP contribution in [0.2, 0.25) is 5.02 Å². The molecular weight excluding hydrogens is 428 g/mol. The predicted molar refractivity (Wildman–Crippen MR) is 117 cm³/mol. The van der Waals surface area contributed by atoms with E-state index in [1.807, 2.05) is 0 Å². The summed E-state index contributed by atoms with van der Waals surface area (Å²) in [4.78, 5) is 23.9. The molecule has 0 spiro atoms. The minimum atomic E-state index is -3.65. The molecule has 0 aromatic heterocycles. The van der Waals surface area contributed by atoms with E-state index in [1.165, 1.54) is 34.7 Å². The quantitative estimate of drug-likeness (QED) is 0.465. The van der Waals surface area contributed by atoms with Crippen molar-refractivity contribution in [1.82, 2.24) is 4.31 Å². The predicted octanol–water partition coefficient (Wildman–Crippen LogP) is 3.57. The lowest BCUT2D eigenvalue weighted by atomic mass is 10.2. The fraction of sp³-hybridized carbons (Fsp3) is 0.238. The summed E-state index contributed by atoms with van der Waals surface area (Å²) in [5.41, 5.74) is 0.933. The Labute approximate surface area is 181 Å². The summed E-state index contributed by atoms with van der Waals surface area (Å²) in [7, 11) is -3.65. The van der Waals surface area contributed by atoms with Crippen molar-refractivity contribution in [3.63, 3.8) is 0 Å². The standard InChI is InChI=1S/C21H23ClN2O5S/c1-3-24(4-2)30(27,28)18-10-7-9-17(14-18)23-20(25)15-29-21(26)13-12-16-8-5-6-11-19(16)22/h5-14H,3-4,15H2,1-2H3,(H,23,25)/b13-12+. The highest BCUT2D eigenvalue weighted by Crippen LogP contribution is 2.19. The molecule has 1 N–H and O–H groups in total. The third-order valence-corrected chi connectivity index (χ3v) is 6.50. The molecule has 2 rings (SSSR count). The van der Waals surface area contributed by atoms with Gasteiger partial charge in [0.1, 0.15) is 0 Å². The number of anilines is 1. The van der Waals surface area contributed by atoms with Gasteiger partial charge in [0.25, 0.3) is 5.91 Å². The van der Waals surface area contributed by atoms with Gasteiger partial charge in [-0.05, 0) is 35.9 Å². The molecule has 0 saturated heterocycles. The van der Waals surface area contributed by atoms with E-state index < -0.39 is 28.5 Å². The highest BCUT2D eigenvalue weighted by molar-refractivity contribution is 7.89. The SMILES string of the molecule is CCN(CC)S(=O)(=O)c1cccc(NC(=O)COC(=O)/C=C/c2ccccc2Cl)c1. The van der Waals surface area contributed by atoms with E-state index in [-0.39, 0.29) is 10.6 Å². The molecule has 9 heteroatoms. The molecule has 7 nitrogen and oxygen atoms in total. The molecule has 0 aliphatic rings. The van der Waals surface area contributed by atoms with Crippen LogP contribution in [0.1, 0.15) is 19.4 Å². The molecule has 0 aliphatic carbocycles. The largest absolute Gasteiger partial charge is 0.452 e. The number of ether oxygens (including phenoxy) is 1. The topological polar surface area (TPSA) is 92.8 Å². The monoisotopic (exact) mass is 450 g/mol. The number of nitrogens with zero attached hydrogens (tertiary/aromatic N) is 1. The van der Waals surface area contributed by atoms with Crippen LogP contribution in [0.5, 0.6) is 0 Å². The summed E-state index contributed by atoms with van der Waals surface area (Å²) in [6.45, 7) is 3.67. The van der Waals surface area contributed by atoms with E-state index in [9.17, 15) is 18.0 Å². The van der Waals surface area contributed by atoms with Crippen molar-refractivity contribution >= 4 is 45.3 Å². The van der Waals surface area contributed by atoms with Crippen molar-refractivity contribution in [3.8, 4) is 0 Å². The third-order valence-electron chi connectivity index (χ3n) is 4.11. The van der Waals surface area contributed by atoms with Gasteiger partial charge in [-0.15, -0.1) is 0 Å². The van der Waals surface area contributed by atoms with E-state index >= 15 is 0 Å². The lowest BCUT2D eigenvalue weighted by Gasteiger charge is -2.18. The molecule has 0 atom stereocenters. The van der Waals surface area contributed by atoms with E-state index in [4.69, 9.17) is 16.3 Å². The van der Waals surface area contributed by atoms with Gasteiger partial charge in [0.05, 0.1) is 4.90 Å². The summed E-state index contributed by atoms with van der Waals surface area (Å²) in [5.74, 6) is -1.30. The number of carbonyl (C=O) groups excluding carboxylic acids is 2. The van der Waals surface area contributed by atoms with Crippen molar-refractivity contribution < 1.29 is 22.7 Å². The van der Waals surface area contributed by atoms with Gasteiger partial charge in [-0.2, -0.15) is 4.31 Å². The highest BCUT2D eigenvalue weighted by atomic mass is 35.5. The Kier molecular flexibility index (Phi) is 8.58. The number of amides is 1. The lowest BCUT2D eigenvalue weighted by molar-refractivity contribution is -0.142. The second kappa shape index (κ2) is 10.9. The summed E-state index contributed by atoms with van der Waals surface area (Å²) in [6, 6.07) is 12.9. The molecule has 0 heterocycles. The van der Waals surface area contributed by atoms with Crippen molar-refractivity contribution in [3.05, 3.63) is 65.2 Å². The minimum Gasteiger partial charge on any atom is -0.452 e. The van der Waals surface area contributed by atoms with E-state index in [0.717, 1.165) is 0 Å². The average molecular weight is 451 g/mol. The van der Waals surface area contributed by atoms with Crippen LogP contribution in [-0.2, 0) is 24.3 Å². The third kappa shape index (κ3) is 6.41. The number of benzene rings is 2. The Morgan fingerprint density at radius 1 is 1.10 bits per heavy atom.